The minimum Gasteiger partial charge on any atom is -0.496 e. The van der Waals surface area contributed by atoms with Gasteiger partial charge in [-0.15, -0.1) is 0 Å². The normalized spacial score (nSPS) is 15.3. The van der Waals surface area contributed by atoms with Crippen LogP contribution in [0.5, 0.6) is 17.2 Å². The molecule has 140 valence electrons. The van der Waals surface area contributed by atoms with E-state index in [0.717, 1.165) is 13.0 Å². The third kappa shape index (κ3) is 5.53. The maximum Gasteiger partial charge on any atom is 0.255 e. The summed E-state index contributed by atoms with van der Waals surface area (Å²) in [6, 6.07) is 3.33. The molecule has 6 heteroatoms. The van der Waals surface area contributed by atoms with Crippen molar-refractivity contribution in [2.75, 3.05) is 47.5 Å². The van der Waals surface area contributed by atoms with E-state index in [0.29, 0.717) is 29.4 Å². The van der Waals surface area contributed by atoms with Crippen molar-refractivity contribution in [1.82, 2.24) is 10.2 Å². The van der Waals surface area contributed by atoms with Crippen LogP contribution in [0.2, 0.25) is 0 Å². The van der Waals surface area contributed by atoms with E-state index in [4.69, 9.17) is 14.2 Å². The number of benzene rings is 1. The third-order valence-electron chi connectivity index (χ3n) is 4.59. The van der Waals surface area contributed by atoms with Crippen LogP contribution in [0.1, 0.15) is 42.5 Å². The molecular formula is C19H30N2O4. The molecule has 1 aliphatic heterocycles. The number of carbonyl (C=O) groups is 1. The molecule has 1 aromatic rings. The standard InChI is InChI=1S/C19H30N2O4/c1-23-16-14-18(25-3)17(24-2)13-15(16)19(22)20-9-8-12-21-10-6-4-5-7-11-21/h13-14H,4-12H2,1-3H3,(H,20,22). The molecule has 0 saturated carbocycles. The van der Waals surface area contributed by atoms with Crippen molar-refractivity contribution in [3.8, 4) is 17.2 Å². The number of nitrogens with zero attached hydrogens (tertiary/aromatic N) is 1. The predicted molar refractivity (Wildman–Crippen MR) is 98.0 cm³/mol. The summed E-state index contributed by atoms with van der Waals surface area (Å²) in [6.07, 6.45) is 6.20. The Balaban J connectivity index is 1.89. The highest BCUT2D eigenvalue weighted by Crippen LogP contribution is 2.34. The lowest BCUT2D eigenvalue weighted by Crippen LogP contribution is -2.30. The molecule has 1 heterocycles. The van der Waals surface area contributed by atoms with Gasteiger partial charge in [0.2, 0.25) is 0 Å². The highest BCUT2D eigenvalue weighted by molar-refractivity contribution is 5.97. The Labute approximate surface area is 150 Å². The number of amides is 1. The van der Waals surface area contributed by atoms with Gasteiger partial charge < -0.3 is 24.4 Å². The van der Waals surface area contributed by atoms with E-state index in [-0.39, 0.29) is 5.91 Å². The van der Waals surface area contributed by atoms with Gasteiger partial charge in [-0.05, 0) is 38.9 Å². The molecule has 1 aliphatic rings. The van der Waals surface area contributed by atoms with Gasteiger partial charge in [0.15, 0.2) is 11.5 Å². The summed E-state index contributed by atoms with van der Waals surface area (Å²) < 4.78 is 15.8. The molecule has 25 heavy (non-hydrogen) atoms. The Hall–Kier alpha value is -1.95. The van der Waals surface area contributed by atoms with Crippen molar-refractivity contribution in [2.24, 2.45) is 0 Å². The van der Waals surface area contributed by atoms with Crippen molar-refractivity contribution in [1.29, 1.82) is 0 Å². The molecule has 0 unspecified atom stereocenters. The Morgan fingerprint density at radius 1 is 0.960 bits per heavy atom. The number of ether oxygens (including phenoxy) is 3. The highest BCUT2D eigenvalue weighted by Gasteiger charge is 2.17. The number of methoxy groups -OCH3 is 3. The topological polar surface area (TPSA) is 60.0 Å². The average Bonchev–Trinajstić information content (AvgIpc) is 2.92. The molecule has 0 radical (unpaired) electrons. The number of nitrogens with one attached hydrogen (secondary N) is 1. The minimum atomic E-state index is -0.159. The van der Waals surface area contributed by atoms with Crippen molar-refractivity contribution in [3.05, 3.63) is 17.7 Å². The van der Waals surface area contributed by atoms with Crippen LogP contribution < -0.4 is 19.5 Å². The first kappa shape index (κ1) is 19.4. The largest absolute Gasteiger partial charge is 0.496 e. The van der Waals surface area contributed by atoms with Gasteiger partial charge in [0.1, 0.15) is 5.75 Å². The summed E-state index contributed by atoms with van der Waals surface area (Å²) >= 11 is 0. The quantitative estimate of drug-likeness (QED) is 0.731. The lowest BCUT2D eigenvalue weighted by Gasteiger charge is -2.19. The summed E-state index contributed by atoms with van der Waals surface area (Å²) in [5, 5.41) is 2.98. The molecule has 1 amide bonds. The Morgan fingerprint density at radius 3 is 2.16 bits per heavy atom. The first-order valence-electron chi connectivity index (χ1n) is 9.00. The summed E-state index contributed by atoms with van der Waals surface area (Å²) in [7, 11) is 4.64. The second kappa shape index (κ2) is 10.1. The predicted octanol–water partition coefficient (Wildman–Crippen LogP) is 2.71. The van der Waals surface area contributed by atoms with E-state index >= 15 is 0 Å². The fraction of sp³-hybridized carbons (Fsp3) is 0.632. The van der Waals surface area contributed by atoms with Crippen LogP contribution >= 0.6 is 0 Å². The molecule has 0 aromatic heterocycles. The van der Waals surface area contributed by atoms with Gasteiger partial charge in [0.25, 0.3) is 5.91 Å². The van der Waals surface area contributed by atoms with Gasteiger partial charge in [-0.25, -0.2) is 0 Å². The van der Waals surface area contributed by atoms with Gasteiger partial charge in [-0.1, -0.05) is 12.8 Å². The van der Waals surface area contributed by atoms with E-state index in [1.54, 1.807) is 26.4 Å². The number of likely N-dealkylation sites (tertiary alicyclic amines) is 1. The van der Waals surface area contributed by atoms with E-state index in [9.17, 15) is 4.79 Å². The first-order valence-corrected chi connectivity index (χ1v) is 9.00. The molecular weight excluding hydrogens is 320 g/mol. The van der Waals surface area contributed by atoms with Gasteiger partial charge in [0.05, 0.1) is 26.9 Å². The molecule has 0 atom stereocenters. The summed E-state index contributed by atoms with van der Waals surface area (Å²) in [4.78, 5) is 15.0. The molecule has 6 nitrogen and oxygen atoms in total. The van der Waals surface area contributed by atoms with Crippen molar-refractivity contribution < 1.29 is 19.0 Å². The molecule has 0 aliphatic carbocycles. The molecule has 0 spiro atoms. The van der Waals surface area contributed by atoms with E-state index < -0.39 is 0 Å². The molecule has 2 rings (SSSR count). The van der Waals surface area contributed by atoms with Crippen molar-refractivity contribution in [2.45, 2.75) is 32.1 Å². The number of rotatable bonds is 8. The fourth-order valence-electron chi connectivity index (χ4n) is 3.17. The smallest absolute Gasteiger partial charge is 0.255 e. The summed E-state index contributed by atoms with van der Waals surface area (Å²) in [5.74, 6) is 1.37. The number of carbonyl (C=O) groups excluding carboxylic acids is 1. The van der Waals surface area contributed by atoms with E-state index in [1.165, 1.54) is 45.9 Å². The highest BCUT2D eigenvalue weighted by atomic mass is 16.5. The second-order valence-electron chi connectivity index (χ2n) is 6.27. The number of hydrogen-bond acceptors (Lipinski definition) is 5. The first-order chi connectivity index (χ1) is 12.2. The lowest BCUT2D eigenvalue weighted by atomic mass is 10.1. The molecule has 1 N–H and O–H groups in total. The van der Waals surface area contributed by atoms with Gasteiger partial charge in [-0.3, -0.25) is 4.79 Å². The van der Waals surface area contributed by atoms with E-state index in [1.807, 2.05) is 0 Å². The van der Waals surface area contributed by atoms with Crippen LogP contribution in [0.4, 0.5) is 0 Å². The second-order valence-corrected chi connectivity index (χ2v) is 6.27. The van der Waals surface area contributed by atoms with Crippen molar-refractivity contribution in [3.63, 3.8) is 0 Å². The Morgan fingerprint density at radius 2 is 1.56 bits per heavy atom. The van der Waals surface area contributed by atoms with Crippen LogP contribution in [0.25, 0.3) is 0 Å². The molecule has 1 aromatic carbocycles. The zero-order valence-electron chi connectivity index (χ0n) is 15.6. The van der Waals surface area contributed by atoms with Gasteiger partial charge in [0, 0.05) is 18.7 Å². The van der Waals surface area contributed by atoms with Crippen LogP contribution in [0.15, 0.2) is 12.1 Å². The van der Waals surface area contributed by atoms with Gasteiger partial charge in [-0.2, -0.15) is 0 Å². The van der Waals surface area contributed by atoms with Crippen LogP contribution in [0, 0.1) is 0 Å². The average molecular weight is 350 g/mol. The van der Waals surface area contributed by atoms with Crippen LogP contribution in [-0.2, 0) is 0 Å². The third-order valence-corrected chi connectivity index (χ3v) is 4.59. The summed E-state index contributed by atoms with van der Waals surface area (Å²) in [6.45, 7) is 4.03. The fourth-order valence-corrected chi connectivity index (χ4v) is 3.17. The van der Waals surface area contributed by atoms with Crippen molar-refractivity contribution >= 4 is 5.91 Å². The lowest BCUT2D eigenvalue weighted by molar-refractivity contribution is 0.0948. The maximum atomic E-state index is 12.5. The zero-order chi connectivity index (χ0) is 18.1. The SMILES string of the molecule is COc1cc(OC)c(C(=O)NCCCN2CCCCCC2)cc1OC. The minimum absolute atomic E-state index is 0.159. The maximum absolute atomic E-state index is 12.5. The summed E-state index contributed by atoms with van der Waals surface area (Å²) in [5.41, 5.74) is 0.454. The Bertz CT molecular complexity index is 555. The van der Waals surface area contributed by atoms with Gasteiger partial charge >= 0.3 is 0 Å². The molecule has 0 bridgehead atoms. The number of hydrogen-bond donors (Lipinski definition) is 1. The van der Waals surface area contributed by atoms with Crippen LogP contribution in [-0.4, -0.2) is 58.3 Å². The molecule has 1 fully saturated rings. The molecule has 1 saturated heterocycles. The monoisotopic (exact) mass is 350 g/mol. The van der Waals surface area contributed by atoms with E-state index in [2.05, 4.69) is 10.2 Å². The Kier molecular flexibility index (Phi) is 7.85. The van der Waals surface area contributed by atoms with Crippen LogP contribution in [0.3, 0.4) is 0 Å². The zero-order valence-corrected chi connectivity index (χ0v) is 15.6.